The van der Waals surface area contributed by atoms with Crippen LogP contribution in [0.25, 0.3) is 0 Å². The minimum atomic E-state index is -4.04. The maximum atomic E-state index is 13.9. The van der Waals surface area contributed by atoms with Crippen LogP contribution in [0.3, 0.4) is 0 Å². The summed E-state index contributed by atoms with van der Waals surface area (Å²) in [5.74, 6) is -2.52. The summed E-state index contributed by atoms with van der Waals surface area (Å²) in [5, 5.41) is 2.33. The molecule has 0 aromatic heterocycles. The van der Waals surface area contributed by atoms with Crippen molar-refractivity contribution in [2.24, 2.45) is 0 Å². The molecule has 1 atom stereocenters. The van der Waals surface area contributed by atoms with E-state index >= 15 is 0 Å². The number of benzene rings is 3. The molecule has 0 saturated heterocycles. The van der Waals surface area contributed by atoms with Crippen LogP contribution in [0.15, 0.2) is 82.2 Å². The van der Waals surface area contributed by atoms with Crippen molar-refractivity contribution in [3.05, 3.63) is 94.5 Å². The molecular formula is C21H17BrF2N2O3S. The molecule has 30 heavy (non-hydrogen) atoms. The largest absolute Gasteiger partial charge is 0.322 e. The van der Waals surface area contributed by atoms with Crippen LogP contribution in [-0.4, -0.2) is 20.4 Å². The molecule has 9 heteroatoms. The first-order valence-electron chi connectivity index (χ1n) is 8.82. The lowest BCUT2D eigenvalue weighted by Gasteiger charge is -2.19. The number of hydrogen-bond acceptors (Lipinski definition) is 3. The molecule has 0 spiro atoms. The lowest BCUT2D eigenvalue weighted by Crippen LogP contribution is -2.45. The Hall–Kier alpha value is -2.62. The van der Waals surface area contributed by atoms with Gasteiger partial charge in [0.05, 0.1) is 10.6 Å². The standard InChI is InChI=1S/C21H17BrF2N2O3S/c22-15-6-9-17(10-7-15)30(28,29)26-20(12-14-4-2-1-3-5-14)21(27)25-19-11-8-16(23)13-18(19)24/h1-11,13,20,26H,12H2,(H,25,27)/t20-/m1/s1. The minimum Gasteiger partial charge on any atom is -0.322 e. The normalized spacial score (nSPS) is 12.4. The summed E-state index contributed by atoms with van der Waals surface area (Å²) in [6, 6.07) is 16.2. The first-order valence-corrected chi connectivity index (χ1v) is 11.1. The number of rotatable bonds is 7. The molecule has 0 aliphatic rings. The molecule has 3 aromatic carbocycles. The van der Waals surface area contributed by atoms with Crippen LogP contribution in [0.4, 0.5) is 14.5 Å². The molecule has 0 bridgehead atoms. The Morgan fingerprint density at radius 2 is 1.63 bits per heavy atom. The van der Waals surface area contributed by atoms with E-state index in [9.17, 15) is 22.0 Å². The van der Waals surface area contributed by atoms with Gasteiger partial charge in [-0.15, -0.1) is 0 Å². The fraction of sp³-hybridized carbons (Fsp3) is 0.0952. The van der Waals surface area contributed by atoms with Crippen LogP contribution in [0.1, 0.15) is 5.56 Å². The predicted molar refractivity (Wildman–Crippen MR) is 113 cm³/mol. The highest BCUT2D eigenvalue weighted by Gasteiger charge is 2.27. The summed E-state index contributed by atoms with van der Waals surface area (Å²) in [5.41, 5.74) is 0.457. The number of hydrogen-bond donors (Lipinski definition) is 2. The average Bonchev–Trinajstić information content (AvgIpc) is 2.70. The third kappa shape index (κ3) is 5.71. The van der Waals surface area contributed by atoms with Gasteiger partial charge in [0, 0.05) is 10.5 Å². The van der Waals surface area contributed by atoms with Crippen molar-refractivity contribution >= 4 is 37.5 Å². The van der Waals surface area contributed by atoms with Crippen molar-refractivity contribution in [2.75, 3.05) is 5.32 Å². The number of nitrogens with one attached hydrogen (secondary N) is 2. The number of halogens is 3. The van der Waals surface area contributed by atoms with Gasteiger partial charge in [0.25, 0.3) is 0 Å². The topological polar surface area (TPSA) is 75.3 Å². The van der Waals surface area contributed by atoms with Gasteiger partial charge in [-0.1, -0.05) is 46.3 Å². The first-order chi connectivity index (χ1) is 14.2. The molecule has 0 saturated carbocycles. The van der Waals surface area contributed by atoms with Gasteiger partial charge in [-0.05, 0) is 48.4 Å². The molecule has 2 N–H and O–H groups in total. The van der Waals surface area contributed by atoms with E-state index in [4.69, 9.17) is 0 Å². The van der Waals surface area contributed by atoms with Crippen LogP contribution < -0.4 is 10.0 Å². The van der Waals surface area contributed by atoms with Gasteiger partial charge >= 0.3 is 0 Å². The predicted octanol–water partition coefficient (Wildman–Crippen LogP) is 4.26. The van der Waals surface area contributed by atoms with Crippen molar-refractivity contribution in [1.29, 1.82) is 0 Å². The lowest BCUT2D eigenvalue weighted by molar-refractivity contribution is -0.117. The fourth-order valence-corrected chi connectivity index (χ4v) is 4.18. The first kappa shape index (κ1) is 22.1. The van der Waals surface area contributed by atoms with Gasteiger partial charge in [-0.25, -0.2) is 17.2 Å². The highest BCUT2D eigenvalue weighted by molar-refractivity contribution is 9.10. The fourth-order valence-electron chi connectivity index (χ4n) is 2.72. The van der Waals surface area contributed by atoms with Gasteiger partial charge in [-0.2, -0.15) is 4.72 Å². The molecule has 1 amide bonds. The summed E-state index contributed by atoms with van der Waals surface area (Å²) >= 11 is 3.24. The van der Waals surface area contributed by atoms with Gasteiger partial charge in [0.15, 0.2) is 0 Å². The molecule has 156 valence electrons. The monoisotopic (exact) mass is 494 g/mol. The zero-order valence-corrected chi connectivity index (χ0v) is 17.9. The molecule has 0 aliphatic carbocycles. The summed E-state index contributed by atoms with van der Waals surface area (Å²) in [4.78, 5) is 12.8. The Labute approximate surface area is 181 Å². The second-order valence-electron chi connectivity index (χ2n) is 6.43. The summed E-state index contributed by atoms with van der Waals surface area (Å²) < 4.78 is 55.7. The Kier molecular flexibility index (Phi) is 6.96. The molecular weight excluding hydrogens is 478 g/mol. The zero-order valence-electron chi connectivity index (χ0n) is 15.5. The Morgan fingerprint density at radius 1 is 0.967 bits per heavy atom. The molecule has 0 aliphatic heterocycles. The summed E-state index contributed by atoms with van der Waals surface area (Å²) in [7, 11) is -4.04. The highest BCUT2D eigenvalue weighted by atomic mass is 79.9. The molecule has 3 aromatic rings. The van der Waals surface area contributed by atoms with Gasteiger partial charge < -0.3 is 5.32 Å². The Morgan fingerprint density at radius 3 is 2.27 bits per heavy atom. The van der Waals surface area contributed by atoms with E-state index in [-0.39, 0.29) is 17.0 Å². The second-order valence-corrected chi connectivity index (χ2v) is 9.06. The highest BCUT2D eigenvalue weighted by Crippen LogP contribution is 2.18. The Balaban J connectivity index is 1.87. The minimum absolute atomic E-state index is 0.0236. The molecule has 0 radical (unpaired) electrons. The maximum absolute atomic E-state index is 13.9. The van der Waals surface area contributed by atoms with Crippen molar-refractivity contribution in [2.45, 2.75) is 17.4 Å². The van der Waals surface area contributed by atoms with Crippen molar-refractivity contribution in [1.82, 2.24) is 4.72 Å². The van der Waals surface area contributed by atoms with Gasteiger partial charge in [0.1, 0.15) is 17.7 Å². The van der Waals surface area contributed by atoms with E-state index in [1.807, 2.05) is 0 Å². The van der Waals surface area contributed by atoms with E-state index in [1.165, 1.54) is 12.1 Å². The van der Waals surface area contributed by atoms with E-state index in [0.29, 0.717) is 16.1 Å². The quantitative estimate of drug-likeness (QED) is 0.515. The number of anilines is 1. The smallest absolute Gasteiger partial charge is 0.242 e. The summed E-state index contributed by atoms with van der Waals surface area (Å²) in [6.07, 6.45) is 0.0330. The van der Waals surface area contributed by atoms with E-state index in [2.05, 4.69) is 26.0 Å². The molecule has 3 rings (SSSR count). The average molecular weight is 495 g/mol. The maximum Gasteiger partial charge on any atom is 0.242 e. The third-order valence-electron chi connectivity index (χ3n) is 4.21. The third-order valence-corrected chi connectivity index (χ3v) is 6.23. The molecule has 0 heterocycles. The van der Waals surface area contributed by atoms with E-state index in [1.54, 1.807) is 42.5 Å². The number of sulfonamides is 1. The van der Waals surface area contributed by atoms with Gasteiger partial charge in [-0.3, -0.25) is 4.79 Å². The molecule has 0 fully saturated rings. The SMILES string of the molecule is O=C(Nc1ccc(F)cc1F)[C@@H](Cc1ccccc1)NS(=O)(=O)c1ccc(Br)cc1. The number of amides is 1. The van der Waals surface area contributed by atoms with Gasteiger partial charge in [0.2, 0.25) is 15.9 Å². The number of carbonyl (C=O) groups is 1. The Bertz CT molecular complexity index is 1140. The van der Waals surface area contributed by atoms with Crippen LogP contribution >= 0.6 is 15.9 Å². The molecule has 0 unspecified atom stereocenters. The second kappa shape index (κ2) is 9.46. The lowest BCUT2D eigenvalue weighted by atomic mass is 10.1. The summed E-state index contributed by atoms with van der Waals surface area (Å²) in [6.45, 7) is 0. The number of carbonyl (C=O) groups excluding carboxylic acids is 1. The van der Waals surface area contributed by atoms with E-state index < -0.39 is 33.6 Å². The van der Waals surface area contributed by atoms with Crippen molar-refractivity contribution < 1.29 is 22.0 Å². The van der Waals surface area contributed by atoms with Crippen LogP contribution in [0, 0.1) is 11.6 Å². The van der Waals surface area contributed by atoms with Crippen LogP contribution in [-0.2, 0) is 21.2 Å². The van der Waals surface area contributed by atoms with Crippen LogP contribution in [0.5, 0.6) is 0 Å². The van der Waals surface area contributed by atoms with Crippen molar-refractivity contribution in [3.63, 3.8) is 0 Å². The van der Waals surface area contributed by atoms with E-state index in [0.717, 1.165) is 12.1 Å². The van der Waals surface area contributed by atoms with Crippen LogP contribution in [0.2, 0.25) is 0 Å². The zero-order chi connectivity index (χ0) is 21.7. The molecule has 5 nitrogen and oxygen atoms in total. The van der Waals surface area contributed by atoms with Crippen molar-refractivity contribution in [3.8, 4) is 0 Å².